The Morgan fingerprint density at radius 3 is 2.62 bits per heavy atom. The predicted molar refractivity (Wildman–Crippen MR) is 101 cm³/mol. The van der Waals surface area contributed by atoms with E-state index in [0.29, 0.717) is 29.8 Å². The van der Waals surface area contributed by atoms with Crippen molar-refractivity contribution in [2.24, 2.45) is 28.6 Å². The smallest absolute Gasteiger partial charge is 0.197 e. The molecule has 2 saturated carbocycles. The number of methoxy groups -OCH3 is 2. The molecule has 0 spiro atoms. The number of carbonyl (C=O) groups is 1. The second kappa shape index (κ2) is 6.47. The molecule has 0 amide bonds. The lowest BCUT2D eigenvalue weighted by atomic mass is 9.42. The summed E-state index contributed by atoms with van der Waals surface area (Å²) in [4.78, 5) is 12.8. The van der Waals surface area contributed by atoms with Gasteiger partial charge in [-0.1, -0.05) is 20.8 Å². The van der Waals surface area contributed by atoms with Gasteiger partial charge in [-0.15, -0.1) is 0 Å². The third-order valence-corrected chi connectivity index (χ3v) is 7.05. The Labute approximate surface area is 156 Å². The van der Waals surface area contributed by atoms with Crippen molar-refractivity contribution in [1.82, 2.24) is 0 Å². The van der Waals surface area contributed by atoms with Crippen molar-refractivity contribution in [2.75, 3.05) is 14.2 Å². The highest BCUT2D eigenvalue weighted by atomic mass is 16.5. The molecule has 4 atom stereocenters. The Balaban J connectivity index is 2.27. The molecule has 3 rings (SSSR count). The average molecular weight is 360 g/mol. The van der Waals surface area contributed by atoms with Gasteiger partial charge in [-0.3, -0.25) is 4.79 Å². The molecule has 144 valence electrons. The molecule has 3 aliphatic rings. The molecular formula is C22H32O4. The molecule has 3 aliphatic carbocycles. The van der Waals surface area contributed by atoms with Crippen molar-refractivity contribution in [3.63, 3.8) is 0 Å². The lowest BCUT2D eigenvalue weighted by Gasteiger charge is -2.61. The van der Waals surface area contributed by atoms with E-state index >= 15 is 0 Å². The number of allylic oxidation sites excluding steroid dienone is 4. The molecular weight excluding hydrogens is 328 g/mol. The zero-order valence-electron chi connectivity index (χ0n) is 16.9. The van der Waals surface area contributed by atoms with Crippen molar-refractivity contribution in [3.8, 4) is 0 Å². The fourth-order valence-corrected chi connectivity index (χ4v) is 6.03. The lowest BCUT2D eigenvalue weighted by molar-refractivity contribution is -0.126. The van der Waals surface area contributed by atoms with Crippen molar-refractivity contribution >= 4 is 5.78 Å². The molecule has 0 aromatic heterocycles. The van der Waals surface area contributed by atoms with E-state index in [1.807, 2.05) is 6.92 Å². The van der Waals surface area contributed by atoms with E-state index in [1.165, 1.54) is 0 Å². The van der Waals surface area contributed by atoms with Crippen molar-refractivity contribution in [1.29, 1.82) is 0 Å². The van der Waals surface area contributed by atoms with Crippen molar-refractivity contribution in [3.05, 3.63) is 35.0 Å². The summed E-state index contributed by atoms with van der Waals surface area (Å²) in [6.07, 6.45) is 7.24. The quantitative estimate of drug-likeness (QED) is 0.725. The van der Waals surface area contributed by atoms with Gasteiger partial charge in [-0.2, -0.15) is 0 Å². The first-order chi connectivity index (χ1) is 12.2. The van der Waals surface area contributed by atoms with E-state index < -0.39 is 0 Å². The summed E-state index contributed by atoms with van der Waals surface area (Å²) >= 11 is 0. The lowest BCUT2D eigenvalue weighted by Crippen LogP contribution is -2.55. The van der Waals surface area contributed by atoms with Crippen LogP contribution >= 0.6 is 0 Å². The number of Topliss-reactive ketones (excluding diaryl/α,β-unsaturated/α-hetero) is 1. The van der Waals surface area contributed by atoms with E-state index in [-0.39, 0.29) is 28.3 Å². The van der Waals surface area contributed by atoms with Gasteiger partial charge in [-0.25, -0.2) is 0 Å². The molecule has 4 nitrogen and oxygen atoms in total. The highest BCUT2D eigenvalue weighted by Gasteiger charge is 2.61. The average Bonchev–Trinajstić information content (AvgIpc) is 2.58. The Morgan fingerprint density at radius 2 is 2.04 bits per heavy atom. The predicted octanol–water partition coefficient (Wildman–Crippen LogP) is 4.93. The number of ether oxygens (including phenoxy) is 2. The standard InChI is InChI=1S/C22H32O4/c1-7-17(25-5)19(24)20-21(3,4)11-14-13(2)8-9-22(20)12-16(23)18(26-6)10-15(14)22/h7,10,13-15,24H,8-9,11-12H2,1-6H3/b17-7+,20-19-/t13-,14?,15?,22-/m1/s1. The maximum Gasteiger partial charge on any atom is 0.197 e. The van der Waals surface area contributed by atoms with E-state index in [2.05, 4.69) is 26.8 Å². The maximum atomic E-state index is 12.8. The Hall–Kier alpha value is -1.71. The van der Waals surface area contributed by atoms with Gasteiger partial charge in [0.05, 0.1) is 14.2 Å². The molecule has 0 aromatic rings. The number of rotatable bonds is 3. The first kappa shape index (κ1) is 19.1. The van der Waals surface area contributed by atoms with Crippen LogP contribution in [0.1, 0.15) is 53.4 Å². The number of hydrogen-bond donors (Lipinski definition) is 1. The highest BCUT2D eigenvalue weighted by molar-refractivity contribution is 5.95. The zero-order valence-corrected chi connectivity index (χ0v) is 16.9. The minimum Gasteiger partial charge on any atom is -0.504 e. The summed E-state index contributed by atoms with van der Waals surface area (Å²) in [6, 6.07) is 0. The van der Waals surface area contributed by atoms with Gasteiger partial charge in [0, 0.05) is 11.8 Å². The Kier molecular flexibility index (Phi) is 4.74. The van der Waals surface area contributed by atoms with E-state index in [1.54, 1.807) is 20.3 Å². The summed E-state index contributed by atoms with van der Waals surface area (Å²) in [5, 5.41) is 11.2. The van der Waals surface area contributed by atoms with Crippen LogP contribution in [0.5, 0.6) is 0 Å². The van der Waals surface area contributed by atoms with Crippen LogP contribution < -0.4 is 0 Å². The molecule has 4 heteroatoms. The first-order valence-corrected chi connectivity index (χ1v) is 9.65. The van der Waals surface area contributed by atoms with E-state index in [4.69, 9.17) is 9.47 Å². The van der Waals surface area contributed by atoms with Crippen LogP contribution in [0.15, 0.2) is 35.0 Å². The van der Waals surface area contributed by atoms with Crippen LogP contribution in [0.25, 0.3) is 0 Å². The van der Waals surface area contributed by atoms with E-state index in [9.17, 15) is 9.90 Å². The molecule has 0 radical (unpaired) electrons. The van der Waals surface area contributed by atoms with Crippen molar-refractivity contribution < 1.29 is 19.4 Å². The molecule has 2 bridgehead atoms. The number of aliphatic hydroxyl groups excluding tert-OH is 1. The monoisotopic (exact) mass is 360 g/mol. The van der Waals surface area contributed by atoms with Crippen molar-refractivity contribution in [2.45, 2.75) is 53.4 Å². The second-order valence-electron chi connectivity index (χ2n) is 8.87. The topological polar surface area (TPSA) is 55.8 Å². The largest absolute Gasteiger partial charge is 0.504 e. The number of hydrogen-bond acceptors (Lipinski definition) is 4. The highest BCUT2D eigenvalue weighted by Crippen LogP contribution is 2.67. The van der Waals surface area contributed by atoms with Gasteiger partial charge < -0.3 is 14.6 Å². The maximum absolute atomic E-state index is 12.8. The molecule has 26 heavy (non-hydrogen) atoms. The Bertz CT molecular complexity index is 697. The third-order valence-electron chi connectivity index (χ3n) is 7.05. The van der Waals surface area contributed by atoms with Crippen LogP contribution in [0.2, 0.25) is 0 Å². The summed E-state index contributed by atoms with van der Waals surface area (Å²) in [6.45, 7) is 8.58. The number of carbonyl (C=O) groups excluding carboxylic acids is 1. The normalized spacial score (nSPS) is 38.2. The molecule has 0 aliphatic heterocycles. The van der Waals surface area contributed by atoms with E-state index in [0.717, 1.165) is 24.8 Å². The van der Waals surface area contributed by atoms with Gasteiger partial charge in [0.15, 0.2) is 23.1 Å². The molecule has 0 saturated heterocycles. The SMILES string of the molecule is C/C=C(OC)\C(O)=C1/C(C)(C)CC2C3C=C(OC)C(=O)C[C@@]13CC[C@H]2C. The van der Waals surface area contributed by atoms with Crippen LogP contribution in [-0.4, -0.2) is 25.1 Å². The van der Waals surface area contributed by atoms with Gasteiger partial charge in [0.25, 0.3) is 0 Å². The summed E-state index contributed by atoms with van der Waals surface area (Å²) in [7, 11) is 3.16. The molecule has 1 N–H and O–H groups in total. The van der Waals surface area contributed by atoms with Crippen LogP contribution in [0.3, 0.4) is 0 Å². The minimum absolute atomic E-state index is 0.0412. The van der Waals surface area contributed by atoms with Crippen LogP contribution in [-0.2, 0) is 14.3 Å². The zero-order chi connectivity index (χ0) is 19.3. The third kappa shape index (κ3) is 2.60. The van der Waals surface area contributed by atoms with Gasteiger partial charge in [0.2, 0.25) is 0 Å². The number of ketones is 1. The second-order valence-corrected chi connectivity index (χ2v) is 8.87. The van der Waals surface area contributed by atoms with Crippen LogP contribution in [0, 0.1) is 28.6 Å². The molecule has 2 unspecified atom stereocenters. The molecule has 0 aromatic carbocycles. The fraction of sp³-hybridized carbons (Fsp3) is 0.682. The number of aliphatic hydroxyl groups is 1. The van der Waals surface area contributed by atoms with Gasteiger partial charge in [0.1, 0.15) is 0 Å². The molecule has 2 fully saturated rings. The summed E-state index contributed by atoms with van der Waals surface area (Å²) in [5.41, 5.74) is 0.466. The molecule has 0 heterocycles. The van der Waals surface area contributed by atoms with Gasteiger partial charge in [-0.05, 0) is 67.1 Å². The summed E-state index contributed by atoms with van der Waals surface area (Å²) in [5.74, 6) is 2.56. The van der Waals surface area contributed by atoms with Crippen LogP contribution in [0.4, 0.5) is 0 Å². The fourth-order valence-electron chi connectivity index (χ4n) is 6.03. The minimum atomic E-state index is -0.338. The first-order valence-electron chi connectivity index (χ1n) is 9.65. The Morgan fingerprint density at radius 1 is 1.35 bits per heavy atom. The van der Waals surface area contributed by atoms with Gasteiger partial charge >= 0.3 is 0 Å². The summed E-state index contributed by atoms with van der Waals surface area (Å²) < 4.78 is 10.8.